The molecule has 4 rings (SSSR count). The third-order valence-corrected chi connectivity index (χ3v) is 6.60. The zero-order valence-corrected chi connectivity index (χ0v) is 19.2. The molecule has 0 radical (unpaired) electrons. The number of benzene rings is 1. The maximum atomic E-state index is 6.39. The van der Waals surface area contributed by atoms with E-state index >= 15 is 0 Å². The van der Waals surface area contributed by atoms with Crippen LogP contribution in [0, 0.1) is 11.8 Å². The van der Waals surface area contributed by atoms with Crippen molar-refractivity contribution >= 4 is 11.5 Å². The number of nitrogens with two attached hydrogens (primary N) is 1. The number of allylic oxidation sites excluding steroid dienone is 3. The van der Waals surface area contributed by atoms with E-state index in [-0.39, 0.29) is 5.92 Å². The van der Waals surface area contributed by atoms with E-state index in [2.05, 4.69) is 17.2 Å². The molecular formula is C26H33N5O. The van der Waals surface area contributed by atoms with Crippen molar-refractivity contribution in [3.63, 3.8) is 0 Å². The average molecular weight is 432 g/mol. The third-order valence-electron chi connectivity index (χ3n) is 6.60. The lowest BCUT2D eigenvalue weighted by Crippen LogP contribution is -2.37. The van der Waals surface area contributed by atoms with Crippen LogP contribution < -0.4 is 15.8 Å². The second-order valence-electron chi connectivity index (χ2n) is 8.58. The number of hydrogen-bond donors (Lipinski definition) is 2. The van der Waals surface area contributed by atoms with Gasteiger partial charge in [-0.15, -0.1) is 0 Å². The maximum Gasteiger partial charge on any atom is 0.136 e. The van der Waals surface area contributed by atoms with Gasteiger partial charge in [0.25, 0.3) is 0 Å². The highest BCUT2D eigenvalue weighted by Crippen LogP contribution is 2.38. The minimum Gasteiger partial charge on any atom is -0.458 e. The summed E-state index contributed by atoms with van der Waals surface area (Å²) in [7, 11) is 0. The van der Waals surface area contributed by atoms with E-state index in [1.54, 1.807) is 6.33 Å². The van der Waals surface area contributed by atoms with Crippen molar-refractivity contribution in [2.45, 2.75) is 39.5 Å². The topological polar surface area (TPSA) is 85.4 Å². The van der Waals surface area contributed by atoms with E-state index in [4.69, 9.17) is 20.4 Å². The molecule has 0 aliphatic carbocycles. The predicted octanol–water partition coefficient (Wildman–Crippen LogP) is 4.49. The molecule has 2 aromatic rings. The highest BCUT2D eigenvalue weighted by molar-refractivity contribution is 6.16. The molecule has 0 bridgehead atoms. The lowest BCUT2D eigenvalue weighted by atomic mass is 9.77. The number of aliphatic imine (C=N–C) groups is 1. The summed E-state index contributed by atoms with van der Waals surface area (Å²) in [5.41, 5.74) is 10.2. The van der Waals surface area contributed by atoms with Gasteiger partial charge in [0.05, 0.1) is 17.0 Å². The van der Waals surface area contributed by atoms with Crippen LogP contribution in [0.4, 0.5) is 5.82 Å². The van der Waals surface area contributed by atoms with Crippen molar-refractivity contribution in [1.82, 2.24) is 15.3 Å². The second kappa shape index (κ2) is 10.1. The van der Waals surface area contributed by atoms with Gasteiger partial charge in [-0.3, -0.25) is 4.99 Å². The van der Waals surface area contributed by atoms with Gasteiger partial charge in [-0.1, -0.05) is 13.0 Å². The minimum absolute atomic E-state index is 0.266. The predicted molar refractivity (Wildman–Crippen MR) is 130 cm³/mol. The van der Waals surface area contributed by atoms with E-state index < -0.39 is 0 Å². The fourth-order valence-electron chi connectivity index (χ4n) is 4.85. The number of rotatable bonds is 5. The molecular weight excluding hydrogens is 398 g/mol. The SMILES string of the molecule is CC=CC(=CC)Oc1ccc(C2=NCC(C3CCCNC3)C(C)c3ncnc(N)c32)cc1. The van der Waals surface area contributed by atoms with E-state index in [1.165, 1.54) is 12.8 Å². The van der Waals surface area contributed by atoms with Crippen LogP contribution in [0.2, 0.25) is 0 Å². The first-order valence-electron chi connectivity index (χ1n) is 11.6. The van der Waals surface area contributed by atoms with E-state index in [9.17, 15) is 0 Å². The van der Waals surface area contributed by atoms with Crippen molar-refractivity contribution in [3.05, 3.63) is 71.4 Å². The number of hydrogen-bond acceptors (Lipinski definition) is 6. The van der Waals surface area contributed by atoms with Crippen LogP contribution in [0.15, 0.2) is 59.6 Å². The smallest absolute Gasteiger partial charge is 0.136 e. The Morgan fingerprint density at radius 1 is 1.19 bits per heavy atom. The van der Waals surface area contributed by atoms with E-state index in [0.29, 0.717) is 17.7 Å². The summed E-state index contributed by atoms with van der Waals surface area (Å²) >= 11 is 0. The molecule has 0 spiro atoms. The highest BCUT2D eigenvalue weighted by Gasteiger charge is 2.34. The van der Waals surface area contributed by atoms with Crippen LogP contribution >= 0.6 is 0 Å². The number of nitrogen functional groups attached to an aromatic ring is 1. The van der Waals surface area contributed by atoms with Crippen LogP contribution in [-0.4, -0.2) is 35.3 Å². The van der Waals surface area contributed by atoms with Gasteiger partial charge < -0.3 is 15.8 Å². The van der Waals surface area contributed by atoms with Crippen molar-refractivity contribution in [2.24, 2.45) is 16.8 Å². The number of nitrogens with one attached hydrogen (secondary N) is 1. The largest absolute Gasteiger partial charge is 0.458 e. The lowest BCUT2D eigenvalue weighted by Gasteiger charge is -2.33. The van der Waals surface area contributed by atoms with Crippen LogP contribution in [0.5, 0.6) is 5.75 Å². The van der Waals surface area contributed by atoms with Gasteiger partial charge >= 0.3 is 0 Å². The number of nitrogens with zero attached hydrogens (tertiary/aromatic N) is 3. The summed E-state index contributed by atoms with van der Waals surface area (Å²) < 4.78 is 5.96. The summed E-state index contributed by atoms with van der Waals surface area (Å²) in [6.45, 7) is 9.11. The number of ether oxygens (including phenoxy) is 1. The summed E-state index contributed by atoms with van der Waals surface area (Å²) in [6.07, 6.45) is 9.88. The van der Waals surface area contributed by atoms with Gasteiger partial charge in [-0.25, -0.2) is 9.97 Å². The van der Waals surface area contributed by atoms with Crippen molar-refractivity contribution in [2.75, 3.05) is 25.4 Å². The molecule has 6 heteroatoms. The van der Waals surface area contributed by atoms with Crippen molar-refractivity contribution in [1.29, 1.82) is 0 Å². The molecule has 0 saturated carbocycles. The van der Waals surface area contributed by atoms with Gasteiger partial charge in [0.2, 0.25) is 0 Å². The highest BCUT2D eigenvalue weighted by atomic mass is 16.5. The van der Waals surface area contributed by atoms with E-state index in [0.717, 1.165) is 53.7 Å². The average Bonchev–Trinajstić information content (AvgIpc) is 2.97. The summed E-state index contributed by atoms with van der Waals surface area (Å²) in [5.74, 6) is 3.37. The normalized spacial score (nSPS) is 24.0. The van der Waals surface area contributed by atoms with Crippen LogP contribution in [0.1, 0.15) is 56.4 Å². The Morgan fingerprint density at radius 2 is 2.00 bits per heavy atom. The summed E-state index contributed by atoms with van der Waals surface area (Å²) in [5, 5.41) is 3.56. The fraction of sp³-hybridized carbons (Fsp3) is 0.423. The molecule has 3 atom stereocenters. The molecule has 3 N–H and O–H groups in total. The Balaban J connectivity index is 1.68. The van der Waals surface area contributed by atoms with E-state index in [1.807, 2.05) is 56.3 Å². The Hall–Kier alpha value is -2.99. The Kier molecular flexibility index (Phi) is 7.00. The quantitative estimate of drug-likeness (QED) is 0.538. The number of anilines is 1. The minimum atomic E-state index is 0.266. The van der Waals surface area contributed by atoms with Crippen molar-refractivity contribution < 1.29 is 4.74 Å². The van der Waals surface area contributed by atoms with Gasteiger partial charge in [-0.05, 0) is 88.0 Å². The first-order chi connectivity index (χ1) is 15.6. The molecule has 1 saturated heterocycles. The molecule has 1 aromatic heterocycles. The van der Waals surface area contributed by atoms with Gasteiger partial charge in [-0.2, -0.15) is 0 Å². The number of piperidine rings is 1. The van der Waals surface area contributed by atoms with Gasteiger partial charge in [0.15, 0.2) is 0 Å². The third kappa shape index (κ3) is 4.60. The van der Waals surface area contributed by atoms with Crippen LogP contribution in [0.3, 0.4) is 0 Å². The molecule has 2 aliphatic rings. The van der Waals surface area contributed by atoms with Crippen LogP contribution in [0.25, 0.3) is 0 Å². The second-order valence-corrected chi connectivity index (χ2v) is 8.58. The lowest BCUT2D eigenvalue weighted by molar-refractivity contribution is 0.240. The Bertz CT molecular complexity index is 1020. The maximum absolute atomic E-state index is 6.39. The molecule has 0 amide bonds. The molecule has 1 aromatic carbocycles. The zero-order chi connectivity index (χ0) is 22.5. The first-order valence-corrected chi connectivity index (χ1v) is 11.6. The van der Waals surface area contributed by atoms with Gasteiger partial charge in [0, 0.05) is 18.0 Å². The zero-order valence-electron chi connectivity index (χ0n) is 19.2. The first kappa shape index (κ1) is 22.2. The van der Waals surface area contributed by atoms with Gasteiger partial charge in [0.1, 0.15) is 23.7 Å². The Morgan fingerprint density at radius 3 is 2.69 bits per heavy atom. The molecule has 3 unspecified atom stereocenters. The molecule has 32 heavy (non-hydrogen) atoms. The number of aromatic nitrogens is 2. The molecule has 168 valence electrons. The summed E-state index contributed by atoms with van der Waals surface area (Å²) in [4.78, 5) is 14.1. The fourth-order valence-corrected chi connectivity index (χ4v) is 4.85. The summed E-state index contributed by atoms with van der Waals surface area (Å²) in [6, 6.07) is 8.03. The monoisotopic (exact) mass is 431 g/mol. The molecule has 2 aliphatic heterocycles. The molecule has 1 fully saturated rings. The standard InChI is InChI=1S/C26H33N5O/c1-4-7-20(5-2)32-21-11-9-18(10-12-21)25-23-24(30-16-31-26(23)27)17(3)22(15-29-25)19-8-6-13-28-14-19/h4-5,7,9-12,16-17,19,22,28H,6,8,13-15H2,1-3H3,(H2,27,30,31). The molecule has 3 heterocycles. The number of fused-ring (bicyclic) bond motifs is 1. The molecule has 6 nitrogen and oxygen atoms in total. The van der Waals surface area contributed by atoms with Crippen LogP contribution in [-0.2, 0) is 0 Å². The van der Waals surface area contributed by atoms with Crippen molar-refractivity contribution in [3.8, 4) is 5.75 Å². The Labute approximate surface area is 190 Å².